The summed E-state index contributed by atoms with van der Waals surface area (Å²) >= 11 is 1.76. The Morgan fingerprint density at radius 3 is 2.62 bits per heavy atom. The van der Waals surface area contributed by atoms with Crippen molar-refractivity contribution in [3.05, 3.63) is 27.3 Å². The van der Waals surface area contributed by atoms with Gasteiger partial charge in [0.25, 0.3) is 0 Å². The van der Waals surface area contributed by atoms with Crippen molar-refractivity contribution in [1.82, 2.24) is 0 Å². The van der Waals surface area contributed by atoms with E-state index in [9.17, 15) is 18.0 Å². The fourth-order valence-corrected chi connectivity index (χ4v) is 2.74. The van der Waals surface area contributed by atoms with Crippen LogP contribution in [-0.2, 0) is 11.2 Å². The number of rotatable bonds is 4. The Hall–Kier alpha value is -0.240. The minimum Gasteiger partial charge on any atom is -0.303 e. The molecule has 16 heavy (non-hydrogen) atoms. The monoisotopic (exact) mass is 360 g/mol. The van der Waals surface area contributed by atoms with Crippen molar-refractivity contribution in [1.29, 1.82) is 0 Å². The second-order valence-corrected chi connectivity index (χ2v) is 5.17. The van der Waals surface area contributed by atoms with E-state index in [0.717, 1.165) is 11.8 Å². The Balaban J connectivity index is 2.90. The molecule has 0 aliphatic carbocycles. The molecule has 1 aromatic rings. The van der Waals surface area contributed by atoms with Gasteiger partial charge in [-0.3, -0.25) is 0 Å². The molecule has 0 unspecified atom stereocenters. The van der Waals surface area contributed by atoms with Crippen LogP contribution in [0.3, 0.4) is 0 Å². The number of benzene rings is 1. The molecule has 0 N–H and O–H groups in total. The van der Waals surface area contributed by atoms with Crippen molar-refractivity contribution in [2.24, 2.45) is 0 Å². The molecule has 0 radical (unpaired) electrons. The molecule has 0 bridgehead atoms. The van der Waals surface area contributed by atoms with Crippen LogP contribution in [0.25, 0.3) is 0 Å². The summed E-state index contributed by atoms with van der Waals surface area (Å²) in [5.41, 5.74) is -3.50. The molecule has 1 nitrogen and oxygen atoms in total. The molecule has 0 atom stereocenters. The maximum atomic E-state index is 12.2. The molecule has 0 aromatic heterocycles. The van der Waals surface area contributed by atoms with Gasteiger partial charge in [-0.2, -0.15) is 13.2 Å². The third-order valence-corrected chi connectivity index (χ3v) is 4.23. The van der Waals surface area contributed by atoms with Gasteiger partial charge >= 0.3 is 5.51 Å². The highest BCUT2D eigenvalue weighted by atomic mass is 127. The lowest BCUT2D eigenvalue weighted by Gasteiger charge is -2.10. The summed E-state index contributed by atoms with van der Waals surface area (Å²) in [7, 11) is 0. The zero-order valence-corrected chi connectivity index (χ0v) is 11.0. The molecule has 0 heterocycles. The quantitative estimate of drug-likeness (QED) is 0.458. The average molecular weight is 360 g/mol. The fraction of sp³-hybridized carbons (Fsp3) is 0.300. The molecule has 0 saturated heterocycles. The predicted octanol–water partition coefficient (Wildman–Crippen LogP) is 4.03. The SMILES string of the molecule is O=CCCc1cccc(SC(F)(F)F)c1I. The molecule has 0 fully saturated rings. The minimum absolute atomic E-state index is 0.121. The third-order valence-electron chi connectivity index (χ3n) is 1.80. The Labute approximate surface area is 109 Å². The number of aldehydes is 1. The van der Waals surface area contributed by atoms with Crippen molar-refractivity contribution in [2.75, 3.05) is 0 Å². The van der Waals surface area contributed by atoms with E-state index in [2.05, 4.69) is 0 Å². The number of alkyl halides is 3. The number of thioether (sulfide) groups is 1. The van der Waals surface area contributed by atoms with Gasteiger partial charge in [-0.25, -0.2) is 0 Å². The summed E-state index contributed by atoms with van der Waals surface area (Å²) in [5, 5.41) is 0. The maximum absolute atomic E-state index is 12.2. The first-order chi connectivity index (χ1) is 7.44. The number of halogens is 4. The summed E-state index contributed by atoms with van der Waals surface area (Å²) in [6, 6.07) is 4.76. The highest BCUT2D eigenvalue weighted by Gasteiger charge is 2.30. The molecule has 1 rings (SSSR count). The van der Waals surface area contributed by atoms with Gasteiger partial charge in [0.2, 0.25) is 0 Å². The predicted molar refractivity (Wildman–Crippen MR) is 65.5 cm³/mol. The molecule has 0 saturated carbocycles. The number of hydrogen-bond acceptors (Lipinski definition) is 2. The lowest BCUT2D eigenvalue weighted by Crippen LogP contribution is -2.01. The van der Waals surface area contributed by atoms with Crippen molar-refractivity contribution in [3.63, 3.8) is 0 Å². The Morgan fingerprint density at radius 1 is 1.38 bits per heavy atom. The Kier molecular flexibility index (Phi) is 5.10. The van der Waals surface area contributed by atoms with Gasteiger partial charge < -0.3 is 4.79 Å². The second-order valence-electron chi connectivity index (χ2n) is 2.98. The van der Waals surface area contributed by atoms with Crippen LogP contribution >= 0.6 is 34.4 Å². The maximum Gasteiger partial charge on any atom is 0.446 e. The largest absolute Gasteiger partial charge is 0.446 e. The number of hydrogen-bond donors (Lipinski definition) is 0. The second kappa shape index (κ2) is 5.90. The van der Waals surface area contributed by atoms with E-state index in [0.29, 0.717) is 16.4 Å². The lowest BCUT2D eigenvalue weighted by atomic mass is 10.1. The normalized spacial score (nSPS) is 11.5. The first-order valence-corrected chi connectivity index (χ1v) is 6.30. The summed E-state index contributed by atoms with van der Waals surface area (Å²) in [5.74, 6) is 0. The molecular formula is C10H8F3IOS. The van der Waals surface area contributed by atoms with E-state index in [-0.39, 0.29) is 16.7 Å². The van der Waals surface area contributed by atoms with Crippen molar-refractivity contribution < 1.29 is 18.0 Å². The van der Waals surface area contributed by atoms with E-state index in [1.165, 1.54) is 6.07 Å². The summed E-state index contributed by atoms with van der Waals surface area (Å²) < 4.78 is 37.2. The Bertz CT molecular complexity index is 379. The van der Waals surface area contributed by atoms with Crippen LogP contribution in [-0.4, -0.2) is 11.8 Å². The van der Waals surface area contributed by atoms with Crippen molar-refractivity contribution >= 4 is 40.6 Å². The molecule has 1 aromatic carbocycles. The first kappa shape index (κ1) is 13.8. The zero-order valence-electron chi connectivity index (χ0n) is 8.05. The van der Waals surface area contributed by atoms with Crippen LogP contribution in [0.4, 0.5) is 13.2 Å². The molecule has 0 spiro atoms. The number of carbonyl (C=O) groups is 1. The Morgan fingerprint density at radius 2 is 2.06 bits per heavy atom. The number of aryl methyl sites for hydroxylation is 1. The average Bonchev–Trinajstić information content (AvgIpc) is 2.17. The topological polar surface area (TPSA) is 17.1 Å². The highest BCUT2D eigenvalue weighted by molar-refractivity contribution is 14.1. The third kappa shape index (κ3) is 4.32. The molecule has 88 valence electrons. The molecular weight excluding hydrogens is 352 g/mol. The van der Waals surface area contributed by atoms with Crippen LogP contribution < -0.4 is 0 Å². The first-order valence-electron chi connectivity index (χ1n) is 4.41. The molecule has 0 aliphatic rings. The molecule has 6 heteroatoms. The summed E-state index contributed by atoms with van der Waals surface area (Å²) in [6.07, 6.45) is 1.57. The summed E-state index contributed by atoms with van der Waals surface area (Å²) in [6.45, 7) is 0. The van der Waals surface area contributed by atoms with Crippen molar-refractivity contribution in [3.8, 4) is 0 Å². The molecule has 0 amide bonds. The van der Waals surface area contributed by atoms with Crippen LogP contribution in [0.15, 0.2) is 23.1 Å². The van der Waals surface area contributed by atoms with E-state index < -0.39 is 5.51 Å². The van der Waals surface area contributed by atoms with Gasteiger partial charge in [0, 0.05) is 14.9 Å². The fourth-order valence-electron chi connectivity index (χ4n) is 1.17. The van der Waals surface area contributed by atoms with Gasteiger partial charge in [0.1, 0.15) is 6.29 Å². The summed E-state index contributed by atoms with van der Waals surface area (Å²) in [4.78, 5) is 10.4. The number of carbonyl (C=O) groups excluding carboxylic acids is 1. The van der Waals surface area contributed by atoms with Crippen LogP contribution in [0, 0.1) is 3.57 Å². The zero-order chi connectivity index (χ0) is 12.2. The van der Waals surface area contributed by atoms with Crippen LogP contribution in [0.1, 0.15) is 12.0 Å². The van der Waals surface area contributed by atoms with Crippen molar-refractivity contribution in [2.45, 2.75) is 23.2 Å². The standard InChI is InChI=1S/C10H8F3IOS/c11-10(12,13)16-8-5-1-3-7(9(8)14)4-2-6-15/h1,3,5-6H,2,4H2. The van der Waals surface area contributed by atoms with E-state index in [1.807, 2.05) is 22.6 Å². The van der Waals surface area contributed by atoms with Gasteiger partial charge in [0.05, 0.1) is 0 Å². The van der Waals surface area contributed by atoms with Crippen LogP contribution in [0.2, 0.25) is 0 Å². The lowest BCUT2D eigenvalue weighted by molar-refractivity contribution is -0.107. The van der Waals surface area contributed by atoms with E-state index in [1.54, 1.807) is 12.1 Å². The minimum atomic E-state index is -4.27. The van der Waals surface area contributed by atoms with Crippen LogP contribution in [0.5, 0.6) is 0 Å². The van der Waals surface area contributed by atoms with Gasteiger partial charge in [-0.05, 0) is 52.4 Å². The smallest absolute Gasteiger partial charge is 0.303 e. The van der Waals surface area contributed by atoms with Gasteiger partial charge in [0.15, 0.2) is 0 Å². The van der Waals surface area contributed by atoms with E-state index in [4.69, 9.17) is 0 Å². The molecule has 0 aliphatic heterocycles. The van der Waals surface area contributed by atoms with E-state index >= 15 is 0 Å². The van der Waals surface area contributed by atoms with Gasteiger partial charge in [-0.1, -0.05) is 12.1 Å². The van der Waals surface area contributed by atoms with Gasteiger partial charge in [-0.15, -0.1) is 0 Å². The highest BCUT2D eigenvalue weighted by Crippen LogP contribution is 2.39.